The Morgan fingerprint density at radius 1 is 1.47 bits per heavy atom. The van der Waals surface area contributed by atoms with Crippen LogP contribution in [-0.4, -0.2) is 47.9 Å². The number of aliphatic carboxylic acids is 1. The van der Waals surface area contributed by atoms with Crippen LogP contribution in [0.5, 0.6) is 0 Å². The molecule has 1 heterocycles. The Morgan fingerprint density at radius 2 is 2.17 bits per heavy atom. The SMILES string of the molecule is CCC1=NC(COCCN=[N+]=[N-])=C(NC=O)C(c2ccc([N+](=O)[O-])cc2)C1C(=O)O. The number of nitro groups is 1. The number of carboxylic acid groups (broad SMARTS) is 1. The fraction of sp³-hybridized carbons (Fsp3) is 0.389. The zero-order valence-corrected chi connectivity index (χ0v) is 16.1. The highest BCUT2D eigenvalue weighted by Gasteiger charge is 2.40. The first-order valence-corrected chi connectivity index (χ1v) is 9.01. The third-order valence-electron chi connectivity index (χ3n) is 4.54. The topological polar surface area (TPSA) is 180 Å². The number of azide groups is 1. The number of aliphatic imine (C=N–C) groups is 1. The van der Waals surface area contributed by atoms with Gasteiger partial charge in [-0.25, -0.2) is 0 Å². The normalized spacial score (nSPS) is 18.2. The van der Waals surface area contributed by atoms with Gasteiger partial charge in [0.15, 0.2) is 0 Å². The number of carbonyl (C=O) groups is 2. The van der Waals surface area contributed by atoms with E-state index in [9.17, 15) is 24.8 Å². The lowest BCUT2D eigenvalue weighted by atomic mass is 9.77. The van der Waals surface area contributed by atoms with E-state index in [4.69, 9.17) is 10.3 Å². The van der Waals surface area contributed by atoms with Gasteiger partial charge in [-0.05, 0) is 17.5 Å². The maximum absolute atomic E-state index is 12.1. The van der Waals surface area contributed by atoms with Crippen molar-refractivity contribution in [2.24, 2.45) is 16.0 Å². The molecular weight excluding hydrogens is 396 g/mol. The summed E-state index contributed by atoms with van der Waals surface area (Å²) in [5.41, 5.74) is 9.61. The second-order valence-electron chi connectivity index (χ2n) is 6.23. The first-order chi connectivity index (χ1) is 14.4. The van der Waals surface area contributed by atoms with Crippen molar-refractivity contribution < 1.29 is 24.4 Å². The van der Waals surface area contributed by atoms with E-state index in [0.717, 1.165) is 0 Å². The van der Waals surface area contributed by atoms with Crippen molar-refractivity contribution in [3.63, 3.8) is 0 Å². The van der Waals surface area contributed by atoms with Gasteiger partial charge in [-0.3, -0.25) is 24.7 Å². The molecule has 2 unspecified atom stereocenters. The molecule has 1 aromatic rings. The van der Waals surface area contributed by atoms with Gasteiger partial charge >= 0.3 is 5.97 Å². The summed E-state index contributed by atoms with van der Waals surface area (Å²) in [6, 6.07) is 5.48. The number of carboxylic acids is 1. The molecule has 12 heteroatoms. The van der Waals surface area contributed by atoms with Crippen molar-refractivity contribution >= 4 is 23.8 Å². The van der Waals surface area contributed by atoms with Crippen LogP contribution in [0.1, 0.15) is 24.8 Å². The van der Waals surface area contributed by atoms with E-state index in [2.05, 4.69) is 20.3 Å². The van der Waals surface area contributed by atoms with Gasteiger partial charge in [0.05, 0.1) is 29.5 Å². The highest BCUT2D eigenvalue weighted by atomic mass is 16.6. The summed E-state index contributed by atoms with van der Waals surface area (Å²) in [6.07, 6.45) is 0.760. The number of amides is 1. The molecule has 1 amide bonds. The number of nitrogens with zero attached hydrogens (tertiary/aromatic N) is 5. The van der Waals surface area contributed by atoms with Crippen molar-refractivity contribution in [2.45, 2.75) is 19.3 Å². The van der Waals surface area contributed by atoms with E-state index < -0.39 is 22.7 Å². The average Bonchev–Trinajstić information content (AvgIpc) is 2.73. The number of nitrogens with one attached hydrogen (secondary N) is 1. The molecule has 0 saturated heterocycles. The first kappa shape index (κ1) is 22.5. The summed E-state index contributed by atoms with van der Waals surface area (Å²) in [4.78, 5) is 40.7. The highest BCUT2D eigenvalue weighted by Crippen LogP contribution is 2.39. The van der Waals surface area contributed by atoms with Gasteiger partial charge in [-0.2, -0.15) is 0 Å². The van der Waals surface area contributed by atoms with Crippen LogP contribution in [0.25, 0.3) is 10.4 Å². The Bertz CT molecular complexity index is 920. The van der Waals surface area contributed by atoms with Crippen LogP contribution in [0, 0.1) is 16.0 Å². The van der Waals surface area contributed by atoms with E-state index in [1.807, 2.05) is 0 Å². The Morgan fingerprint density at radius 3 is 2.70 bits per heavy atom. The molecule has 1 aromatic carbocycles. The molecule has 2 rings (SSSR count). The van der Waals surface area contributed by atoms with Crippen LogP contribution in [0.2, 0.25) is 0 Å². The monoisotopic (exact) mass is 416 g/mol. The van der Waals surface area contributed by atoms with Crippen LogP contribution in [0.4, 0.5) is 5.69 Å². The summed E-state index contributed by atoms with van der Waals surface area (Å²) < 4.78 is 5.45. The van der Waals surface area contributed by atoms with Gasteiger partial charge in [0, 0.05) is 35.2 Å². The number of allylic oxidation sites excluding steroid dienone is 1. The summed E-state index contributed by atoms with van der Waals surface area (Å²) in [7, 11) is 0. The number of hydrogen-bond acceptors (Lipinski definition) is 7. The van der Waals surface area contributed by atoms with Crippen molar-refractivity contribution in [1.82, 2.24) is 5.32 Å². The molecule has 0 saturated carbocycles. The van der Waals surface area contributed by atoms with E-state index in [0.29, 0.717) is 29.8 Å². The number of benzene rings is 1. The average molecular weight is 416 g/mol. The maximum Gasteiger partial charge on any atom is 0.313 e. The molecule has 12 nitrogen and oxygen atoms in total. The quantitative estimate of drug-likeness (QED) is 0.106. The van der Waals surface area contributed by atoms with Crippen molar-refractivity contribution in [3.8, 4) is 0 Å². The molecule has 0 radical (unpaired) electrons. The van der Waals surface area contributed by atoms with Crippen LogP contribution < -0.4 is 5.32 Å². The zero-order valence-electron chi connectivity index (χ0n) is 16.1. The Labute approximate surface area is 171 Å². The predicted octanol–water partition coefficient (Wildman–Crippen LogP) is 2.53. The Balaban J connectivity index is 2.51. The molecule has 2 N–H and O–H groups in total. The molecule has 30 heavy (non-hydrogen) atoms. The lowest BCUT2D eigenvalue weighted by Gasteiger charge is -2.32. The fourth-order valence-electron chi connectivity index (χ4n) is 3.25. The smallest absolute Gasteiger partial charge is 0.313 e. The molecule has 0 fully saturated rings. The Kier molecular flexibility index (Phi) is 8.03. The number of non-ortho nitro benzene ring substituents is 1. The molecule has 0 aliphatic carbocycles. The minimum Gasteiger partial charge on any atom is -0.481 e. The summed E-state index contributed by atoms with van der Waals surface area (Å²) in [6.45, 7) is 1.94. The summed E-state index contributed by atoms with van der Waals surface area (Å²) in [5.74, 6) is -3.02. The van der Waals surface area contributed by atoms with Crippen molar-refractivity contribution in [2.75, 3.05) is 19.8 Å². The molecular formula is C18H20N6O6. The summed E-state index contributed by atoms with van der Waals surface area (Å²) >= 11 is 0. The molecule has 158 valence electrons. The van der Waals surface area contributed by atoms with Crippen molar-refractivity contribution in [3.05, 3.63) is 61.8 Å². The van der Waals surface area contributed by atoms with Gasteiger partial charge in [-0.1, -0.05) is 24.2 Å². The third-order valence-corrected chi connectivity index (χ3v) is 4.54. The minimum atomic E-state index is -1.13. The largest absolute Gasteiger partial charge is 0.481 e. The molecule has 1 aliphatic heterocycles. The number of carbonyl (C=O) groups excluding carboxylic acids is 1. The third kappa shape index (κ3) is 5.19. The van der Waals surface area contributed by atoms with Crippen LogP contribution in [0.3, 0.4) is 0 Å². The molecule has 0 spiro atoms. The van der Waals surface area contributed by atoms with Crippen LogP contribution in [0.15, 0.2) is 45.8 Å². The van der Waals surface area contributed by atoms with Gasteiger partial charge in [0.1, 0.15) is 5.92 Å². The standard InChI is InChI=1S/C18H20N6O6/c1-2-13-16(18(26)27)15(11-3-5-12(6-4-11)24(28)29)17(20-10-25)14(22-13)9-30-8-7-21-23-19/h3-6,10,15-16H,2,7-9H2,1H3,(H,20,25)(H,26,27). The molecule has 0 aromatic heterocycles. The van der Waals surface area contributed by atoms with Crippen molar-refractivity contribution in [1.29, 1.82) is 0 Å². The van der Waals surface area contributed by atoms with E-state index in [1.165, 1.54) is 24.3 Å². The van der Waals surface area contributed by atoms with Gasteiger partial charge < -0.3 is 15.2 Å². The minimum absolute atomic E-state index is 0.0452. The van der Waals surface area contributed by atoms with Gasteiger partial charge in [-0.15, -0.1) is 0 Å². The zero-order chi connectivity index (χ0) is 22.1. The predicted molar refractivity (Wildman–Crippen MR) is 106 cm³/mol. The fourth-order valence-corrected chi connectivity index (χ4v) is 3.25. The number of ether oxygens (including phenoxy) is 1. The summed E-state index contributed by atoms with van der Waals surface area (Å²) in [5, 5.41) is 26.7. The lowest BCUT2D eigenvalue weighted by Crippen LogP contribution is -2.38. The molecule has 0 bridgehead atoms. The highest BCUT2D eigenvalue weighted by molar-refractivity contribution is 6.04. The first-order valence-electron chi connectivity index (χ1n) is 9.01. The molecule has 2 atom stereocenters. The van der Waals surface area contributed by atoms with E-state index in [-0.39, 0.29) is 31.1 Å². The lowest BCUT2D eigenvalue weighted by molar-refractivity contribution is -0.384. The number of rotatable bonds is 11. The number of nitro benzene ring substituents is 1. The second-order valence-corrected chi connectivity index (χ2v) is 6.23. The van der Waals surface area contributed by atoms with Gasteiger partial charge in [0.2, 0.25) is 6.41 Å². The second kappa shape index (κ2) is 10.7. The van der Waals surface area contributed by atoms with Gasteiger partial charge in [0.25, 0.3) is 5.69 Å². The Hall–Kier alpha value is -3.76. The molecule has 1 aliphatic rings. The van der Waals surface area contributed by atoms with Crippen LogP contribution >= 0.6 is 0 Å². The maximum atomic E-state index is 12.1. The van der Waals surface area contributed by atoms with E-state index >= 15 is 0 Å². The number of hydrogen-bond donors (Lipinski definition) is 2. The van der Waals surface area contributed by atoms with Crippen LogP contribution in [-0.2, 0) is 14.3 Å². The van der Waals surface area contributed by atoms with E-state index in [1.54, 1.807) is 6.92 Å².